The fraction of sp³-hybridized carbons (Fsp3) is 0.111. The third-order valence-corrected chi connectivity index (χ3v) is 3.67. The van der Waals surface area contributed by atoms with Gasteiger partial charge in [-0.3, -0.25) is 9.89 Å². The number of rotatable bonds is 5. The number of halogens is 1. The first-order chi connectivity index (χ1) is 10.6. The molecule has 0 atom stereocenters. The molecule has 0 saturated carbocycles. The van der Waals surface area contributed by atoms with E-state index in [0.29, 0.717) is 29.5 Å². The zero-order valence-electron chi connectivity index (χ0n) is 12.0. The van der Waals surface area contributed by atoms with Gasteiger partial charge in [0.1, 0.15) is 5.82 Å². The molecule has 22 heavy (non-hydrogen) atoms. The van der Waals surface area contributed by atoms with Crippen LogP contribution in [0.4, 0.5) is 4.39 Å². The molecule has 0 spiro atoms. The Labute approximate surface area is 127 Å². The molecule has 0 radical (unpaired) electrons. The van der Waals surface area contributed by atoms with E-state index in [4.69, 9.17) is 0 Å². The van der Waals surface area contributed by atoms with Crippen molar-refractivity contribution in [3.63, 3.8) is 0 Å². The first kappa shape index (κ1) is 14.2. The number of fused-ring (bicyclic) bond motifs is 1. The normalized spacial score (nSPS) is 10.8. The maximum absolute atomic E-state index is 13.7. The highest BCUT2D eigenvalue weighted by Gasteiger charge is 2.10. The van der Waals surface area contributed by atoms with E-state index in [1.807, 2.05) is 12.1 Å². The van der Waals surface area contributed by atoms with Gasteiger partial charge in [-0.15, -0.1) is 0 Å². The number of aromatic amines is 1. The van der Waals surface area contributed by atoms with Gasteiger partial charge in [-0.05, 0) is 36.3 Å². The van der Waals surface area contributed by atoms with Crippen molar-refractivity contribution in [2.75, 3.05) is 0 Å². The number of aromatic nitrogens is 2. The molecular formula is C18H15FN2O. The van der Waals surface area contributed by atoms with Crippen LogP contribution in [0.2, 0.25) is 0 Å². The molecular weight excluding hydrogens is 279 g/mol. The summed E-state index contributed by atoms with van der Waals surface area (Å²) in [5, 5.41) is 7.68. The van der Waals surface area contributed by atoms with Crippen LogP contribution in [0.1, 0.15) is 28.8 Å². The maximum Gasteiger partial charge on any atom is 0.163 e. The zero-order chi connectivity index (χ0) is 15.5. The Balaban J connectivity index is 1.69. The second-order valence-corrected chi connectivity index (χ2v) is 5.18. The summed E-state index contributed by atoms with van der Waals surface area (Å²) >= 11 is 0. The molecule has 3 rings (SSSR count). The first-order valence-electron chi connectivity index (χ1n) is 7.04. The quantitative estimate of drug-likeness (QED) is 0.710. The van der Waals surface area contributed by atoms with Crippen LogP contribution in [-0.4, -0.2) is 16.0 Å². The number of nitrogens with one attached hydrogen (secondary N) is 1. The van der Waals surface area contributed by atoms with Gasteiger partial charge >= 0.3 is 0 Å². The third kappa shape index (κ3) is 2.81. The number of hydrogen-bond acceptors (Lipinski definition) is 2. The molecule has 0 fully saturated rings. The van der Waals surface area contributed by atoms with E-state index < -0.39 is 0 Å². The molecule has 0 amide bonds. The van der Waals surface area contributed by atoms with Crippen molar-refractivity contribution in [2.45, 2.75) is 12.8 Å². The summed E-state index contributed by atoms with van der Waals surface area (Å²) in [6.45, 7) is 3.89. The van der Waals surface area contributed by atoms with Gasteiger partial charge < -0.3 is 0 Å². The van der Waals surface area contributed by atoms with Crippen molar-refractivity contribution >= 4 is 22.3 Å². The second-order valence-electron chi connectivity index (χ2n) is 5.18. The first-order valence-corrected chi connectivity index (χ1v) is 7.04. The number of ketones is 1. The number of benzene rings is 2. The average Bonchev–Trinajstić information content (AvgIpc) is 3.00. The molecule has 0 unspecified atom stereocenters. The van der Waals surface area contributed by atoms with Gasteiger partial charge in [-0.1, -0.05) is 24.8 Å². The molecule has 1 heterocycles. The SMILES string of the molecule is C=C(CCC(=O)c1ccc2[nH]ncc2c1)c1ccccc1F. The van der Waals surface area contributed by atoms with Crippen LogP contribution in [0.3, 0.4) is 0 Å². The Bertz CT molecular complexity index is 851. The number of allylic oxidation sites excluding steroid dienone is 1. The lowest BCUT2D eigenvalue weighted by atomic mass is 9.98. The fourth-order valence-electron chi connectivity index (χ4n) is 2.41. The second kappa shape index (κ2) is 5.93. The van der Waals surface area contributed by atoms with Crippen LogP contribution in [0, 0.1) is 5.82 Å². The lowest BCUT2D eigenvalue weighted by molar-refractivity contribution is 0.0984. The number of H-pyrrole nitrogens is 1. The van der Waals surface area contributed by atoms with E-state index in [2.05, 4.69) is 16.8 Å². The third-order valence-electron chi connectivity index (χ3n) is 3.67. The van der Waals surface area contributed by atoms with Gasteiger partial charge in [0.15, 0.2) is 5.78 Å². The minimum absolute atomic E-state index is 0.0144. The van der Waals surface area contributed by atoms with Crippen LogP contribution in [0.5, 0.6) is 0 Å². The van der Waals surface area contributed by atoms with Crippen LogP contribution >= 0.6 is 0 Å². The monoisotopic (exact) mass is 294 g/mol. The Morgan fingerprint density at radius 1 is 1.18 bits per heavy atom. The molecule has 4 heteroatoms. The number of hydrogen-bond donors (Lipinski definition) is 1. The van der Waals surface area contributed by atoms with Crippen LogP contribution < -0.4 is 0 Å². The van der Waals surface area contributed by atoms with Crippen molar-refractivity contribution in [2.24, 2.45) is 0 Å². The summed E-state index contributed by atoms with van der Waals surface area (Å²) in [5.41, 5.74) is 2.64. The lowest BCUT2D eigenvalue weighted by Crippen LogP contribution is -2.00. The molecule has 0 aliphatic rings. The van der Waals surface area contributed by atoms with E-state index >= 15 is 0 Å². The van der Waals surface area contributed by atoms with Gasteiger partial charge in [0.25, 0.3) is 0 Å². The molecule has 0 aliphatic heterocycles. The van der Waals surface area contributed by atoms with Crippen LogP contribution in [-0.2, 0) is 0 Å². The highest BCUT2D eigenvalue weighted by atomic mass is 19.1. The Hall–Kier alpha value is -2.75. The maximum atomic E-state index is 13.7. The molecule has 0 aliphatic carbocycles. The smallest absolute Gasteiger partial charge is 0.163 e. The predicted octanol–water partition coefficient (Wildman–Crippen LogP) is 4.38. The Kier molecular flexibility index (Phi) is 3.83. The fourth-order valence-corrected chi connectivity index (χ4v) is 2.41. The molecule has 3 aromatic rings. The summed E-state index contributed by atoms with van der Waals surface area (Å²) in [6.07, 6.45) is 2.42. The van der Waals surface area contributed by atoms with Gasteiger partial charge in [-0.2, -0.15) is 5.10 Å². The van der Waals surface area contributed by atoms with Crippen molar-refractivity contribution in [1.29, 1.82) is 0 Å². The lowest BCUT2D eigenvalue weighted by Gasteiger charge is -2.07. The highest BCUT2D eigenvalue weighted by Crippen LogP contribution is 2.22. The molecule has 0 saturated heterocycles. The van der Waals surface area contributed by atoms with E-state index in [1.165, 1.54) is 6.07 Å². The average molecular weight is 294 g/mol. The number of carbonyl (C=O) groups excluding carboxylic acids is 1. The molecule has 3 nitrogen and oxygen atoms in total. The zero-order valence-corrected chi connectivity index (χ0v) is 12.0. The van der Waals surface area contributed by atoms with Crippen molar-refractivity contribution < 1.29 is 9.18 Å². The van der Waals surface area contributed by atoms with Crippen LogP contribution in [0.25, 0.3) is 16.5 Å². The number of carbonyl (C=O) groups is 1. The molecule has 2 aromatic carbocycles. The van der Waals surface area contributed by atoms with E-state index in [-0.39, 0.29) is 11.6 Å². The van der Waals surface area contributed by atoms with Gasteiger partial charge in [0.05, 0.1) is 11.7 Å². The summed E-state index contributed by atoms with van der Waals surface area (Å²) in [4.78, 5) is 12.3. The van der Waals surface area contributed by atoms with Crippen molar-refractivity contribution in [3.8, 4) is 0 Å². The van der Waals surface area contributed by atoms with E-state index in [1.54, 1.807) is 30.5 Å². The molecule has 1 N–H and O–H groups in total. The summed E-state index contributed by atoms with van der Waals surface area (Å²) in [5.74, 6) is -0.291. The number of Topliss-reactive ketones (excluding diaryl/α,β-unsaturated/α-hetero) is 1. The van der Waals surface area contributed by atoms with Gasteiger partial charge in [-0.25, -0.2) is 4.39 Å². The van der Waals surface area contributed by atoms with Gasteiger partial charge in [0.2, 0.25) is 0 Å². The molecule has 0 bridgehead atoms. The van der Waals surface area contributed by atoms with E-state index in [0.717, 1.165) is 10.9 Å². The van der Waals surface area contributed by atoms with E-state index in [9.17, 15) is 9.18 Å². The predicted molar refractivity (Wildman–Crippen MR) is 85.1 cm³/mol. The minimum Gasteiger partial charge on any atom is -0.294 e. The summed E-state index contributed by atoms with van der Waals surface area (Å²) in [6, 6.07) is 11.9. The largest absolute Gasteiger partial charge is 0.294 e. The van der Waals surface area contributed by atoms with Gasteiger partial charge in [0, 0.05) is 22.9 Å². The summed E-state index contributed by atoms with van der Waals surface area (Å²) < 4.78 is 13.7. The van der Waals surface area contributed by atoms with Crippen LogP contribution in [0.15, 0.2) is 55.2 Å². The molecule has 1 aromatic heterocycles. The minimum atomic E-state index is -0.306. The number of nitrogens with zero attached hydrogens (tertiary/aromatic N) is 1. The topological polar surface area (TPSA) is 45.8 Å². The van der Waals surface area contributed by atoms with Crippen molar-refractivity contribution in [1.82, 2.24) is 10.2 Å². The Morgan fingerprint density at radius 3 is 2.82 bits per heavy atom. The van der Waals surface area contributed by atoms with Crippen molar-refractivity contribution in [3.05, 3.63) is 72.2 Å². The summed E-state index contributed by atoms with van der Waals surface area (Å²) in [7, 11) is 0. The Morgan fingerprint density at radius 2 is 2.00 bits per heavy atom. The standard InChI is InChI=1S/C18H15FN2O/c1-12(15-4-2-3-5-16(15)19)6-9-18(22)13-7-8-17-14(10-13)11-20-21-17/h2-5,7-8,10-11H,1,6,9H2,(H,20,21). The molecule has 110 valence electrons. The highest BCUT2D eigenvalue weighted by molar-refractivity contribution is 5.99.